The lowest BCUT2D eigenvalue weighted by Gasteiger charge is -2.20. The fraction of sp³-hybridized carbons (Fsp3) is 0.136. The van der Waals surface area contributed by atoms with E-state index in [1.165, 1.54) is 19.5 Å². The molecule has 0 radical (unpaired) electrons. The van der Waals surface area contributed by atoms with Crippen molar-refractivity contribution in [3.63, 3.8) is 0 Å². The lowest BCUT2D eigenvalue weighted by atomic mass is 10.0. The zero-order valence-electron chi connectivity index (χ0n) is 17.8. The summed E-state index contributed by atoms with van der Waals surface area (Å²) in [5.41, 5.74) is 6.68. The number of hydrogen-bond acceptors (Lipinski definition) is 7. The minimum atomic E-state index is -0.889. The van der Waals surface area contributed by atoms with E-state index >= 15 is 4.39 Å². The van der Waals surface area contributed by atoms with Gasteiger partial charge in [0.25, 0.3) is 5.95 Å². The number of halogens is 1. The van der Waals surface area contributed by atoms with Crippen molar-refractivity contribution in [3.05, 3.63) is 93.7 Å². The van der Waals surface area contributed by atoms with Crippen molar-refractivity contribution in [1.29, 1.82) is 5.41 Å². The highest BCUT2D eigenvalue weighted by Gasteiger charge is 2.25. The van der Waals surface area contributed by atoms with Gasteiger partial charge in [0.2, 0.25) is 0 Å². The molecule has 0 fully saturated rings. The summed E-state index contributed by atoms with van der Waals surface area (Å²) >= 11 is 0. The van der Waals surface area contributed by atoms with Crippen LogP contribution in [-0.4, -0.2) is 37.7 Å². The molecule has 2 aromatic heterocycles. The molecule has 0 spiro atoms. The Bertz CT molecular complexity index is 1350. The van der Waals surface area contributed by atoms with Gasteiger partial charge < -0.3 is 15.8 Å². The van der Waals surface area contributed by atoms with Crippen LogP contribution in [0.2, 0.25) is 0 Å². The molecule has 4 rings (SSSR count). The first-order valence-corrected chi connectivity index (χ1v) is 9.89. The molecule has 10 nitrogen and oxygen atoms in total. The summed E-state index contributed by atoms with van der Waals surface area (Å²) in [6.45, 7) is 1.62. The fourth-order valence-corrected chi connectivity index (χ4v) is 3.30. The van der Waals surface area contributed by atoms with Crippen LogP contribution in [0.15, 0.2) is 59.7 Å². The van der Waals surface area contributed by atoms with Crippen molar-refractivity contribution < 1.29 is 9.13 Å². The first-order chi connectivity index (χ1) is 15.9. The Kier molecular flexibility index (Phi) is 5.85. The molecular formula is C22H21FN8O2. The number of nitrogens with zero attached hydrogens (tertiary/aromatic N) is 4. The van der Waals surface area contributed by atoms with Crippen molar-refractivity contribution in [2.75, 3.05) is 12.4 Å². The highest BCUT2D eigenvalue weighted by molar-refractivity contribution is 5.95. The summed E-state index contributed by atoms with van der Waals surface area (Å²) in [6.07, 6.45) is 2.97. The van der Waals surface area contributed by atoms with Gasteiger partial charge in [0.15, 0.2) is 5.82 Å². The summed E-state index contributed by atoms with van der Waals surface area (Å²) in [5.74, 6) is 0.140. The predicted octanol–water partition coefficient (Wildman–Crippen LogP) is 2.29. The minimum absolute atomic E-state index is 0.0708. The molecule has 11 heteroatoms. The number of methoxy groups -OCH3 is 1. The lowest BCUT2D eigenvalue weighted by Crippen LogP contribution is -2.18. The SMILES string of the molecule is COc1cc(C)c(F)c(C(Nc2ccc(C(=N)N)cc2)c2nn(-c3ncccn3)c(=O)[nH]2)c1. The first-order valence-electron chi connectivity index (χ1n) is 9.89. The number of nitrogens with one attached hydrogen (secondary N) is 3. The van der Waals surface area contributed by atoms with E-state index in [2.05, 4.69) is 25.4 Å². The van der Waals surface area contributed by atoms with Gasteiger partial charge in [-0.1, -0.05) is 0 Å². The summed E-state index contributed by atoms with van der Waals surface area (Å²) in [5, 5.41) is 15.1. The number of aromatic amines is 1. The van der Waals surface area contributed by atoms with Crippen molar-refractivity contribution in [1.82, 2.24) is 24.7 Å². The van der Waals surface area contributed by atoms with Gasteiger partial charge in [-0.15, -0.1) is 9.78 Å². The highest BCUT2D eigenvalue weighted by atomic mass is 19.1. The van der Waals surface area contributed by atoms with E-state index in [9.17, 15) is 4.79 Å². The maximum atomic E-state index is 15.3. The van der Waals surface area contributed by atoms with Crippen LogP contribution in [0, 0.1) is 18.2 Å². The van der Waals surface area contributed by atoms with Gasteiger partial charge in [-0.3, -0.25) is 10.4 Å². The first kappa shape index (κ1) is 21.7. The number of H-pyrrole nitrogens is 1. The smallest absolute Gasteiger partial charge is 0.350 e. The summed E-state index contributed by atoms with van der Waals surface area (Å²) in [4.78, 5) is 23.4. The molecule has 5 N–H and O–H groups in total. The topological polar surface area (TPSA) is 148 Å². The Morgan fingerprint density at radius 2 is 1.94 bits per heavy atom. The van der Waals surface area contributed by atoms with Gasteiger partial charge in [0.05, 0.1) is 7.11 Å². The average Bonchev–Trinajstić information content (AvgIpc) is 3.21. The molecule has 0 bridgehead atoms. The molecule has 0 aliphatic heterocycles. The molecule has 2 heterocycles. The third-order valence-corrected chi connectivity index (χ3v) is 4.96. The van der Waals surface area contributed by atoms with Gasteiger partial charge in [0.1, 0.15) is 23.4 Å². The third-order valence-electron chi connectivity index (χ3n) is 4.96. The standard InChI is InChI=1S/C22H21FN8O2/c1-12-10-15(33-2)11-16(17(12)23)18(28-14-6-4-13(5-7-14)19(24)25)20-29-22(32)31(30-20)21-26-8-3-9-27-21/h3-11,18,28H,1-2H3,(H3,24,25)(H,29,30,32). The molecular weight excluding hydrogens is 427 g/mol. The number of anilines is 1. The van der Waals surface area contributed by atoms with Crippen LogP contribution in [0.4, 0.5) is 10.1 Å². The van der Waals surface area contributed by atoms with Gasteiger partial charge in [0, 0.05) is 29.2 Å². The average molecular weight is 448 g/mol. The lowest BCUT2D eigenvalue weighted by molar-refractivity contribution is 0.412. The van der Waals surface area contributed by atoms with Crippen molar-refractivity contribution >= 4 is 11.5 Å². The van der Waals surface area contributed by atoms with Crippen LogP contribution < -0.4 is 21.5 Å². The number of benzene rings is 2. The van der Waals surface area contributed by atoms with Crippen LogP contribution in [-0.2, 0) is 0 Å². The molecule has 2 aromatic carbocycles. The zero-order valence-corrected chi connectivity index (χ0v) is 17.8. The predicted molar refractivity (Wildman–Crippen MR) is 120 cm³/mol. The number of nitrogen functional groups attached to an aromatic ring is 1. The number of nitrogens with two attached hydrogens (primary N) is 1. The monoisotopic (exact) mass is 448 g/mol. The van der Waals surface area contributed by atoms with E-state index in [-0.39, 0.29) is 23.2 Å². The molecule has 0 saturated heterocycles. The van der Waals surface area contributed by atoms with E-state index in [0.717, 1.165) is 4.68 Å². The molecule has 0 aliphatic rings. The minimum Gasteiger partial charge on any atom is -0.497 e. The van der Waals surface area contributed by atoms with Gasteiger partial charge in [-0.05, 0) is 55.0 Å². The maximum absolute atomic E-state index is 15.3. The summed E-state index contributed by atoms with van der Waals surface area (Å²) in [7, 11) is 1.49. The van der Waals surface area contributed by atoms with Crippen molar-refractivity contribution in [2.45, 2.75) is 13.0 Å². The Hall–Kier alpha value is -4.54. The molecule has 0 saturated carbocycles. The quantitative estimate of drug-likeness (QED) is 0.250. The van der Waals surface area contributed by atoms with Crippen LogP contribution in [0.3, 0.4) is 0 Å². The zero-order chi connectivity index (χ0) is 23.5. The largest absolute Gasteiger partial charge is 0.497 e. The van der Waals surface area contributed by atoms with E-state index in [1.807, 2.05) is 0 Å². The van der Waals surface area contributed by atoms with Gasteiger partial charge in [-0.25, -0.2) is 19.2 Å². The molecule has 168 valence electrons. The van der Waals surface area contributed by atoms with Gasteiger partial charge in [-0.2, -0.15) is 0 Å². The summed E-state index contributed by atoms with van der Waals surface area (Å²) in [6, 6.07) is 10.6. The second kappa shape index (κ2) is 8.91. The van der Waals surface area contributed by atoms with E-state index in [1.54, 1.807) is 49.4 Å². The molecule has 0 amide bonds. The second-order valence-corrected chi connectivity index (χ2v) is 7.19. The molecule has 0 aliphatic carbocycles. The number of aromatic nitrogens is 5. The number of amidine groups is 1. The van der Waals surface area contributed by atoms with Crippen LogP contribution in [0.1, 0.15) is 28.6 Å². The number of aryl methyl sites for hydroxylation is 1. The van der Waals surface area contributed by atoms with E-state index < -0.39 is 17.5 Å². The normalized spacial score (nSPS) is 11.7. The van der Waals surface area contributed by atoms with Crippen molar-refractivity contribution in [2.24, 2.45) is 5.73 Å². The summed E-state index contributed by atoms with van der Waals surface area (Å²) < 4.78 is 21.6. The number of rotatable bonds is 7. The Labute approximate surface area is 187 Å². The van der Waals surface area contributed by atoms with E-state index in [0.29, 0.717) is 22.6 Å². The Balaban J connectivity index is 1.83. The van der Waals surface area contributed by atoms with E-state index in [4.69, 9.17) is 15.9 Å². The van der Waals surface area contributed by atoms with Gasteiger partial charge >= 0.3 is 5.69 Å². The van der Waals surface area contributed by atoms with Crippen LogP contribution in [0.5, 0.6) is 5.75 Å². The fourth-order valence-electron chi connectivity index (χ4n) is 3.30. The maximum Gasteiger partial charge on any atom is 0.350 e. The molecule has 1 unspecified atom stereocenters. The molecule has 1 atom stereocenters. The Morgan fingerprint density at radius 3 is 2.58 bits per heavy atom. The molecule has 4 aromatic rings. The Morgan fingerprint density at radius 1 is 1.24 bits per heavy atom. The van der Waals surface area contributed by atoms with Crippen molar-refractivity contribution in [3.8, 4) is 11.7 Å². The molecule has 33 heavy (non-hydrogen) atoms. The second-order valence-electron chi connectivity index (χ2n) is 7.19. The van der Waals surface area contributed by atoms with Crippen LogP contribution >= 0.6 is 0 Å². The van der Waals surface area contributed by atoms with Crippen LogP contribution in [0.25, 0.3) is 5.95 Å². The highest BCUT2D eigenvalue weighted by Crippen LogP contribution is 2.31. The number of hydrogen-bond donors (Lipinski definition) is 4. The third kappa shape index (κ3) is 4.42. The number of ether oxygens (including phenoxy) is 1.